The van der Waals surface area contributed by atoms with E-state index in [1.54, 1.807) is 30.3 Å². The van der Waals surface area contributed by atoms with Gasteiger partial charge in [-0.15, -0.1) is 0 Å². The van der Waals surface area contributed by atoms with Gasteiger partial charge in [-0.1, -0.05) is 66.7 Å². The molecule has 1 fully saturated rings. The molecule has 1 aliphatic rings. The Morgan fingerprint density at radius 3 is 2.15 bits per heavy atom. The third kappa shape index (κ3) is 3.00. The van der Waals surface area contributed by atoms with Crippen LogP contribution in [0.3, 0.4) is 0 Å². The minimum Gasteiger partial charge on any atom is -0.355 e. The molecule has 1 aliphatic heterocycles. The standard InChI is InChI=1S/C21H15NO4/c23-19(16-12-10-15(11-13-16)14-6-2-1-3-7-14)21-20(26-21)17-8-4-5-9-18(17)22(24)25/h1-13,20-21H/t20-,21-/m1/s1. The summed E-state index contributed by atoms with van der Waals surface area (Å²) in [7, 11) is 0. The van der Waals surface area contributed by atoms with Gasteiger partial charge in [0, 0.05) is 11.6 Å². The van der Waals surface area contributed by atoms with Gasteiger partial charge in [-0.25, -0.2) is 0 Å². The first-order valence-electron chi connectivity index (χ1n) is 8.23. The molecule has 0 amide bonds. The summed E-state index contributed by atoms with van der Waals surface area (Å²) in [4.78, 5) is 23.3. The second kappa shape index (κ2) is 6.54. The van der Waals surface area contributed by atoms with Gasteiger partial charge >= 0.3 is 0 Å². The molecule has 0 radical (unpaired) electrons. The van der Waals surface area contributed by atoms with Crippen LogP contribution in [-0.2, 0) is 4.74 Å². The van der Waals surface area contributed by atoms with Gasteiger partial charge < -0.3 is 4.74 Å². The Labute approximate surface area is 150 Å². The number of benzene rings is 3. The molecule has 3 aromatic carbocycles. The highest BCUT2D eigenvalue weighted by Crippen LogP contribution is 2.44. The van der Waals surface area contributed by atoms with Gasteiger partial charge in [-0.05, 0) is 17.2 Å². The largest absolute Gasteiger partial charge is 0.355 e. The van der Waals surface area contributed by atoms with Crippen LogP contribution in [0.2, 0.25) is 0 Å². The molecule has 0 unspecified atom stereocenters. The van der Waals surface area contributed by atoms with Crippen molar-refractivity contribution in [2.45, 2.75) is 12.2 Å². The molecular formula is C21H15NO4. The first-order chi connectivity index (χ1) is 12.6. The molecule has 0 spiro atoms. The molecule has 0 bridgehead atoms. The van der Waals surface area contributed by atoms with Crippen molar-refractivity contribution in [3.05, 3.63) is 100 Å². The summed E-state index contributed by atoms with van der Waals surface area (Å²) in [5.74, 6) is -0.159. The normalized spacial score (nSPS) is 18.3. The van der Waals surface area contributed by atoms with E-state index in [9.17, 15) is 14.9 Å². The van der Waals surface area contributed by atoms with E-state index in [1.807, 2.05) is 42.5 Å². The second-order valence-electron chi connectivity index (χ2n) is 6.10. The Kier molecular flexibility index (Phi) is 4.07. The van der Waals surface area contributed by atoms with E-state index in [2.05, 4.69) is 0 Å². The highest BCUT2D eigenvalue weighted by molar-refractivity contribution is 6.01. The maximum Gasteiger partial charge on any atom is 0.275 e. The minimum atomic E-state index is -0.668. The molecular weight excluding hydrogens is 330 g/mol. The zero-order chi connectivity index (χ0) is 18.1. The monoisotopic (exact) mass is 345 g/mol. The Bertz CT molecular complexity index is 967. The fourth-order valence-electron chi connectivity index (χ4n) is 3.06. The first-order valence-corrected chi connectivity index (χ1v) is 8.23. The number of hydrogen-bond acceptors (Lipinski definition) is 4. The number of epoxide rings is 1. The number of carbonyl (C=O) groups excluding carboxylic acids is 1. The van der Waals surface area contributed by atoms with Crippen molar-refractivity contribution in [2.24, 2.45) is 0 Å². The molecule has 1 saturated heterocycles. The number of hydrogen-bond donors (Lipinski definition) is 0. The number of nitro groups is 1. The predicted molar refractivity (Wildman–Crippen MR) is 96.9 cm³/mol. The molecule has 26 heavy (non-hydrogen) atoms. The number of rotatable bonds is 5. The third-order valence-corrected chi connectivity index (χ3v) is 4.47. The fourth-order valence-corrected chi connectivity index (χ4v) is 3.06. The van der Waals surface area contributed by atoms with Gasteiger partial charge in [-0.2, -0.15) is 0 Å². The minimum absolute atomic E-state index is 0.0211. The summed E-state index contributed by atoms with van der Waals surface area (Å²) >= 11 is 0. The maximum atomic E-state index is 12.6. The Hall–Kier alpha value is -3.31. The van der Waals surface area contributed by atoms with Crippen molar-refractivity contribution in [3.63, 3.8) is 0 Å². The zero-order valence-electron chi connectivity index (χ0n) is 13.7. The van der Waals surface area contributed by atoms with Crippen molar-refractivity contribution < 1.29 is 14.5 Å². The van der Waals surface area contributed by atoms with Crippen LogP contribution in [0.1, 0.15) is 22.0 Å². The van der Waals surface area contributed by atoms with Gasteiger partial charge in [-0.3, -0.25) is 14.9 Å². The Morgan fingerprint density at radius 2 is 1.46 bits per heavy atom. The number of para-hydroxylation sites is 1. The SMILES string of the molecule is O=C(c1ccc(-c2ccccc2)cc1)[C@H]1O[C@@H]1c1ccccc1[N+](=O)[O-]. The van der Waals surface area contributed by atoms with Crippen molar-refractivity contribution >= 4 is 11.5 Å². The van der Waals surface area contributed by atoms with Gasteiger partial charge in [0.15, 0.2) is 11.9 Å². The fraction of sp³-hybridized carbons (Fsp3) is 0.0952. The molecule has 2 atom stereocenters. The van der Waals surface area contributed by atoms with E-state index >= 15 is 0 Å². The van der Waals surface area contributed by atoms with Crippen LogP contribution in [-0.4, -0.2) is 16.8 Å². The van der Waals surface area contributed by atoms with Crippen LogP contribution in [0, 0.1) is 10.1 Å². The molecule has 4 rings (SSSR count). The summed E-state index contributed by atoms with van der Waals surface area (Å²) < 4.78 is 5.47. The van der Waals surface area contributed by atoms with Crippen LogP contribution in [0.15, 0.2) is 78.9 Å². The number of nitrogens with zero attached hydrogens (tertiary/aromatic N) is 1. The molecule has 0 saturated carbocycles. The molecule has 3 aromatic rings. The third-order valence-electron chi connectivity index (χ3n) is 4.47. The molecule has 1 heterocycles. The van der Waals surface area contributed by atoms with Gasteiger partial charge in [0.2, 0.25) is 0 Å². The van der Waals surface area contributed by atoms with Crippen LogP contribution >= 0.6 is 0 Å². The highest BCUT2D eigenvalue weighted by Gasteiger charge is 2.48. The summed E-state index contributed by atoms with van der Waals surface area (Å²) in [5.41, 5.74) is 3.06. The molecule has 0 aromatic heterocycles. The number of carbonyl (C=O) groups is 1. The lowest BCUT2D eigenvalue weighted by molar-refractivity contribution is -0.385. The average molecular weight is 345 g/mol. The van der Waals surface area contributed by atoms with E-state index in [4.69, 9.17) is 4.74 Å². The maximum absolute atomic E-state index is 12.6. The summed E-state index contributed by atoms with van der Waals surface area (Å²) in [5, 5.41) is 11.1. The van der Waals surface area contributed by atoms with Crippen molar-refractivity contribution in [1.82, 2.24) is 0 Å². The molecule has 5 nitrogen and oxygen atoms in total. The van der Waals surface area contributed by atoms with Gasteiger partial charge in [0.05, 0.1) is 10.5 Å². The average Bonchev–Trinajstić information content (AvgIpc) is 3.49. The smallest absolute Gasteiger partial charge is 0.275 e. The lowest BCUT2D eigenvalue weighted by Crippen LogP contribution is -2.08. The summed E-state index contributed by atoms with van der Waals surface area (Å²) in [6.07, 6.45) is -1.23. The van der Waals surface area contributed by atoms with Crippen molar-refractivity contribution in [1.29, 1.82) is 0 Å². The van der Waals surface area contributed by atoms with E-state index < -0.39 is 17.1 Å². The van der Waals surface area contributed by atoms with Crippen molar-refractivity contribution in [3.8, 4) is 11.1 Å². The lowest BCUT2D eigenvalue weighted by atomic mass is 9.99. The number of ketones is 1. The molecule has 0 N–H and O–H groups in total. The molecule has 0 aliphatic carbocycles. The Morgan fingerprint density at radius 1 is 0.846 bits per heavy atom. The number of nitro benzene ring substituents is 1. The summed E-state index contributed by atoms with van der Waals surface area (Å²) in [6.45, 7) is 0. The highest BCUT2D eigenvalue weighted by atomic mass is 16.6. The quantitative estimate of drug-likeness (QED) is 0.293. The van der Waals surface area contributed by atoms with Crippen LogP contribution in [0.5, 0.6) is 0 Å². The number of Topliss-reactive ketones (excluding diaryl/α,β-unsaturated/α-hetero) is 1. The van der Waals surface area contributed by atoms with Crippen molar-refractivity contribution in [2.75, 3.05) is 0 Å². The van der Waals surface area contributed by atoms with E-state index in [0.29, 0.717) is 11.1 Å². The van der Waals surface area contributed by atoms with Crippen LogP contribution < -0.4 is 0 Å². The first kappa shape index (κ1) is 16.2. The van der Waals surface area contributed by atoms with E-state index in [0.717, 1.165) is 11.1 Å². The van der Waals surface area contributed by atoms with Crippen LogP contribution in [0.4, 0.5) is 5.69 Å². The van der Waals surface area contributed by atoms with Gasteiger partial charge in [0.1, 0.15) is 6.10 Å². The van der Waals surface area contributed by atoms with E-state index in [1.165, 1.54) is 6.07 Å². The van der Waals surface area contributed by atoms with E-state index in [-0.39, 0.29) is 11.5 Å². The predicted octanol–water partition coefficient (Wildman–Crippen LogP) is 4.58. The second-order valence-corrected chi connectivity index (χ2v) is 6.10. The lowest BCUT2D eigenvalue weighted by Gasteiger charge is -2.03. The molecule has 128 valence electrons. The Balaban J connectivity index is 1.52. The topological polar surface area (TPSA) is 72.7 Å². The zero-order valence-corrected chi connectivity index (χ0v) is 13.7. The molecule has 5 heteroatoms. The van der Waals surface area contributed by atoms with Gasteiger partial charge in [0.25, 0.3) is 5.69 Å². The van der Waals surface area contributed by atoms with Crippen LogP contribution in [0.25, 0.3) is 11.1 Å². The summed E-state index contributed by atoms with van der Waals surface area (Å²) in [6, 6.07) is 23.6. The number of ether oxygens (including phenoxy) is 1.